The second kappa shape index (κ2) is 8.67. The first-order chi connectivity index (χ1) is 13.5. The summed E-state index contributed by atoms with van der Waals surface area (Å²) in [7, 11) is 1.68. The van der Waals surface area contributed by atoms with Crippen LogP contribution in [-0.2, 0) is 11.8 Å². The summed E-state index contributed by atoms with van der Waals surface area (Å²) in [6.07, 6.45) is 2.05. The third kappa shape index (κ3) is 4.38. The number of hydrogen-bond donors (Lipinski definition) is 1. The van der Waals surface area contributed by atoms with Crippen molar-refractivity contribution in [1.29, 1.82) is 5.26 Å². The molecular weight excluding hydrogens is 372 g/mol. The summed E-state index contributed by atoms with van der Waals surface area (Å²) in [5, 5.41) is 16.4. The molecule has 0 aliphatic carbocycles. The van der Waals surface area contributed by atoms with E-state index in [9.17, 15) is 4.79 Å². The highest BCUT2D eigenvalue weighted by molar-refractivity contribution is 8.00. The van der Waals surface area contributed by atoms with Gasteiger partial charge in [-0.15, -0.1) is 0 Å². The Balaban J connectivity index is 1.81. The van der Waals surface area contributed by atoms with Crippen molar-refractivity contribution in [3.63, 3.8) is 0 Å². The number of nitriles is 1. The van der Waals surface area contributed by atoms with Crippen LogP contribution in [0.1, 0.15) is 24.7 Å². The molecule has 3 aromatic rings. The normalized spacial score (nSPS) is 11.6. The first-order valence-electron chi connectivity index (χ1n) is 8.82. The van der Waals surface area contributed by atoms with E-state index in [0.29, 0.717) is 23.6 Å². The van der Waals surface area contributed by atoms with Crippen molar-refractivity contribution in [3.05, 3.63) is 54.0 Å². The average Bonchev–Trinajstić information content (AvgIpc) is 3.05. The van der Waals surface area contributed by atoms with Gasteiger partial charge in [0.25, 0.3) is 0 Å². The van der Waals surface area contributed by atoms with Crippen molar-refractivity contribution in [1.82, 2.24) is 19.7 Å². The van der Waals surface area contributed by atoms with Crippen LogP contribution in [0.4, 0.5) is 5.82 Å². The molecule has 1 N–H and O–H groups in total. The van der Waals surface area contributed by atoms with E-state index in [1.165, 1.54) is 22.6 Å². The maximum atomic E-state index is 12.8. The van der Waals surface area contributed by atoms with E-state index in [4.69, 9.17) is 5.26 Å². The maximum absolute atomic E-state index is 12.8. The van der Waals surface area contributed by atoms with Crippen LogP contribution in [0.3, 0.4) is 0 Å². The number of rotatable bonds is 6. The predicted octanol–water partition coefficient (Wildman–Crippen LogP) is 3.57. The Morgan fingerprint density at radius 1 is 1.32 bits per heavy atom. The predicted molar refractivity (Wildman–Crippen MR) is 109 cm³/mol. The second-order valence-corrected chi connectivity index (χ2v) is 7.37. The zero-order valence-corrected chi connectivity index (χ0v) is 16.7. The Kier molecular flexibility index (Phi) is 6.06. The van der Waals surface area contributed by atoms with Gasteiger partial charge in [-0.2, -0.15) is 10.4 Å². The molecule has 1 aromatic carbocycles. The fourth-order valence-electron chi connectivity index (χ4n) is 2.69. The van der Waals surface area contributed by atoms with Gasteiger partial charge in [0.15, 0.2) is 0 Å². The first kappa shape index (κ1) is 19.6. The minimum absolute atomic E-state index is 0.190. The molecule has 2 heterocycles. The number of amides is 1. The molecule has 0 aliphatic rings. The highest BCUT2D eigenvalue weighted by Gasteiger charge is 2.22. The number of anilines is 1. The molecular formula is C20H20N6OS. The third-order valence-corrected chi connectivity index (χ3v) is 5.39. The molecule has 8 heteroatoms. The summed E-state index contributed by atoms with van der Waals surface area (Å²) in [5.74, 6) is 0.859. The zero-order chi connectivity index (χ0) is 20.1. The van der Waals surface area contributed by atoms with Crippen molar-refractivity contribution in [3.8, 4) is 17.3 Å². The van der Waals surface area contributed by atoms with Crippen LogP contribution < -0.4 is 5.32 Å². The quantitative estimate of drug-likeness (QED) is 0.509. The maximum Gasteiger partial charge on any atom is 0.239 e. The van der Waals surface area contributed by atoms with Gasteiger partial charge in [0, 0.05) is 12.6 Å². The fourth-order valence-corrected chi connectivity index (χ4v) is 3.68. The van der Waals surface area contributed by atoms with Crippen LogP contribution in [-0.4, -0.2) is 30.9 Å². The summed E-state index contributed by atoms with van der Waals surface area (Å²) in [5.41, 5.74) is 2.16. The van der Waals surface area contributed by atoms with Crippen LogP contribution in [0.5, 0.6) is 0 Å². The van der Waals surface area contributed by atoms with Crippen molar-refractivity contribution in [2.45, 2.75) is 30.5 Å². The molecule has 1 atom stereocenters. The van der Waals surface area contributed by atoms with E-state index in [0.717, 1.165) is 16.3 Å². The lowest BCUT2D eigenvalue weighted by atomic mass is 10.1. The van der Waals surface area contributed by atoms with Crippen LogP contribution in [0.25, 0.3) is 11.3 Å². The number of aromatic nitrogens is 4. The van der Waals surface area contributed by atoms with Crippen LogP contribution in [0, 0.1) is 18.3 Å². The number of hydrogen-bond acceptors (Lipinski definition) is 6. The number of thioether (sulfide) groups is 1. The highest BCUT2D eigenvalue weighted by Crippen LogP contribution is 2.28. The minimum atomic E-state index is -0.362. The van der Waals surface area contributed by atoms with E-state index >= 15 is 0 Å². The molecule has 0 fully saturated rings. The SMILES string of the molecule is CCC(Sc1cc(-c2ccccc2)nc(C)n1)C(=O)Nc1c(C#N)cnn1C. The number of carbonyl (C=O) groups is 1. The van der Waals surface area contributed by atoms with Gasteiger partial charge in [-0.25, -0.2) is 9.97 Å². The van der Waals surface area contributed by atoms with Gasteiger partial charge in [-0.05, 0) is 19.4 Å². The molecule has 7 nitrogen and oxygen atoms in total. The van der Waals surface area contributed by atoms with E-state index in [-0.39, 0.29) is 11.2 Å². The van der Waals surface area contributed by atoms with Gasteiger partial charge in [0.2, 0.25) is 5.91 Å². The molecule has 1 unspecified atom stereocenters. The van der Waals surface area contributed by atoms with Gasteiger partial charge >= 0.3 is 0 Å². The summed E-state index contributed by atoms with van der Waals surface area (Å²) >= 11 is 1.39. The summed E-state index contributed by atoms with van der Waals surface area (Å²) in [4.78, 5) is 21.8. The van der Waals surface area contributed by atoms with Crippen LogP contribution in [0.15, 0.2) is 47.6 Å². The molecule has 0 bridgehead atoms. The highest BCUT2D eigenvalue weighted by atomic mass is 32.2. The molecule has 2 aromatic heterocycles. The topological polar surface area (TPSA) is 96.5 Å². The fraction of sp³-hybridized carbons (Fsp3) is 0.250. The number of nitrogens with zero attached hydrogens (tertiary/aromatic N) is 5. The van der Waals surface area contributed by atoms with E-state index < -0.39 is 0 Å². The summed E-state index contributed by atoms with van der Waals surface area (Å²) < 4.78 is 1.48. The molecule has 142 valence electrons. The van der Waals surface area contributed by atoms with Crippen LogP contribution >= 0.6 is 11.8 Å². The molecule has 0 spiro atoms. The van der Waals surface area contributed by atoms with Gasteiger partial charge in [0.1, 0.15) is 28.3 Å². The van der Waals surface area contributed by atoms with Crippen molar-refractivity contribution in [2.24, 2.45) is 7.05 Å². The van der Waals surface area contributed by atoms with Gasteiger partial charge in [-0.1, -0.05) is 49.0 Å². The monoisotopic (exact) mass is 392 g/mol. The molecule has 1 amide bonds. The lowest BCUT2D eigenvalue weighted by Gasteiger charge is -2.15. The summed E-state index contributed by atoms with van der Waals surface area (Å²) in [6, 6.07) is 13.8. The number of aryl methyl sites for hydroxylation is 2. The number of carbonyl (C=O) groups excluding carboxylic acids is 1. The standard InChI is InChI=1S/C20H20N6OS/c1-4-17(20(27)25-19-15(11-21)12-22-26(19)3)28-18-10-16(23-13(2)24-18)14-8-6-5-7-9-14/h5-10,12,17H,4H2,1-3H3,(H,25,27). The first-order valence-corrected chi connectivity index (χ1v) is 9.70. The Morgan fingerprint density at radius 2 is 2.07 bits per heavy atom. The van der Waals surface area contributed by atoms with Gasteiger partial charge in [0.05, 0.1) is 17.1 Å². The van der Waals surface area contributed by atoms with Crippen molar-refractivity contribution < 1.29 is 4.79 Å². The lowest BCUT2D eigenvalue weighted by Crippen LogP contribution is -2.26. The molecule has 3 rings (SSSR count). The minimum Gasteiger partial charge on any atom is -0.309 e. The molecule has 0 radical (unpaired) electrons. The lowest BCUT2D eigenvalue weighted by molar-refractivity contribution is -0.115. The number of benzene rings is 1. The van der Waals surface area contributed by atoms with Crippen molar-refractivity contribution in [2.75, 3.05) is 5.32 Å². The molecule has 0 saturated heterocycles. The third-order valence-electron chi connectivity index (χ3n) is 4.11. The molecule has 0 saturated carbocycles. The van der Waals surface area contributed by atoms with E-state index in [1.54, 1.807) is 7.05 Å². The molecule has 0 aliphatic heterocycles. The Hall–Kier alpha value is -3.18. The average molecular weight is 392 g/mol. The smallest absolute Gasteiger partial charge is 0.239 e. The van der Waals surface area contributed by atoms with Gasteiger partial charge in [-0.3, -0.25) is 9.48 Å². The Labute approximate surface area is 167 Å². The Bertz CT molecular complexity index is 1020. The summed E-state index contributed by atoms with van der Waals surface area (Å²) in [6.45, 7) is 3.78. The molecule has 28 heavy (non-hydrogen) atoms. The van der Waals surface area contributed by atoms with E-state index in [1.807, 2.05) is 56.3 Å². The second-order valence-electron chi connectivity index (χ2n) is 6.15. The Morgan fingerprint density at radius 3 is 2.75 bits per heavy atom. The van der Waals surface area contributed by atoms with Gasteiger partial charge < -0.3 is 5.32 Å². The van der Waals surface area contributed by atoms with E-state index in [2.05, 4.69) is 20.4 Å². The van der Waals surface area contributed by atoms with Crippen molar-refractivity contribution >= 4 is 23.5 Å². The van der Waals surface area contributed by atoms with Crippen LogP contribution in [0.2, 0.25) is 0 Å². The zero-order valence-electron chi connectivity index (χ0n) is 15.9. The largest absolute Gasteiger partial charge is 0.309 e. The number of nitrogens with one attached hydrogen (secondary N) is 1.